The van der Waals surface area contributed by atoms with E-state index in [-0.39, 0.29) is 72.5 Å². The van der Waals surface area contributed by atoms with Gasteiger partial charge < -0.3 is 35.1 Å². The van der Waals surface area contributed by atoms with Crippen LogP contribution in [-0.4, -0.2) is 57.3 Å². The molecular weight excluding hydrogens is 2610 g/mol. The Kier molecular flexibility index (Phi) is 37.0. The van der Waals surface area contributed by atoms with E-state index in [4.69, 9.17) is 10.2 Å². The summed E-state index contributed by atoms with van der Waals surface area (Å²) in [7, 11) is 0. The second kappa shape index (κ2) is 51.2. The minimum Gasteiger partial charge on any atom is -0.393 e. The molecule has 0 amide bonds. The van der Waals surface area contributed by atoms with Gasteiger partial charge in [0, 0.05) is 133 Å². The van der Waals surface area contributed by atoms with E-state index < -0.39 is 10.8 Å². The van der Waals surface area contributed by atoms with Gasteiger partial charge in [-0.3, -0.25) is 9.97 Å². The third-order valence-corrected chi connectivity index (χ3v) is 27.5. The molecule has 2 N–H and O–H groups in total. The van der Waals surface area contributed by atoms with E-state index in [0.29, 0.717) is 6.42 Å². The Morgan fingerprint density at radius 3 is 0.615 bits per heavy atom. The summed E-state index contributed by atoms with van der Waals surface area (Å²) >= 11 is 15.3. The van der Waals surface area contributed by atoms with Gasteiger partial charge >= 0.3 is 0 Å². The van der Waals surface area contributed by atoms with Crippen molar-refractivity contribution in [2.24, 2.45) is 0 Å². The van der Waals surface area contributed by atoms with E-state index >= 15 is 0 Å². The fraction of sp³-hybridized carbons (Fsp3) is 0.0530. The number of hydrogen-bond acceptors (Lipinski definition) is 9. The van der Waals surface area contributed by atoms with Gasteiger partial charge in [-0.15, -0.1) is 167 Å². The topological polar surface area (TPSA) is 131 Å². The van der Waals surface area contributed by atoms with Crippen molar-refractivity contribution in [2.75, 3.05) is 0 Å². The van der Waals surface area contributed by atoms with Crippen molar-refractivity contribution in [1.82, 2.24) is 34.9 Å². The molecule has 0 spiro atoms. The van der Waals surface area contributed by atoms with Gasteiger partial charge in [0.25, 0.3) is 0 Å². The van der Waals surface area contributed by atoms with Gasteiger partial charge in [-0.05, 0) is 241 Å². The van der Waals surface area contributed by atoms with Gasteiger partial charge in [0.05, 0.1) is 34.4 Å². The van der Waals surface area contributed by atoms with Crippen LogP contribution in [-0.2, 0) is 71.1 Å². The van der Waals surface area contributed by atoms with Crippen LogP contribution in [0.5, 0.6) is 0 Å². The number of pyridine rings is 7. The summed E-state index contributed by atoms with van der Waals surface area (Å²) in [4.78, 5) is 30.7. The smallest absolute Gasteiger partial charge is 0.0714 e. The fourth-order valence-corrected chi connectivity index (χ4v) is 20.2. The predicted molar refractivity (Wildman–Crippen MR) is 604 cm³/mol. The van der Waals surface area contributed by atoms with Gasteiger partial charge in [0.1, 0.15) is 0 Å². The Labute approximate surface area is 939 Å². The quantitative estimate of drug-likeness (QED) is 0.0856. The molecule has 0 saturated carbocycles. The van der Waals surface area contributed by atoms with Gasteiger partial charge in [-0.25, -0.2) is 0 Å². The molecule has 2 unspecified atom stereocenters. The van der Waals surface area contributed by atoms with Gasteiger partial charge in [0.15, 0.2) is 0 Å². The molecule has 148 heavy (non-hydrogen) atoms. The summed E-state index contributed by atoms with van der Waals surface area (Å²) in [6, 6.07) is 174. The second-order valence-corrected chi connectivity index (χ2v) is 38.6. The first-order valence-corrected chi connectivity index (χ1v) is 50.9. The van der Waals surface area contributed by atoms with E-state index in [9.17, 15) is 0 Å². The zero-order chi connectivity index (χ0) is 99.3. The average Bonchev–Trinajstić information content (AvgIpc) is 1.53. The van der Waals surface area contributed by atoms with Crippen LogP contribution in [0, 0.1) is 30.3 Å². The Bertz CT molecular complexity index is 6990. The summed E-state index contributed by atoms with van der Waals surface area (Å²) in [5.74, 6) is 0. The molecule has 22 aromatic rings. The minimum absolute atomic E-state index is 0. The Hall–Kier alpha value is -13.9. The summed E-state index contributed by atoms with van der Waals surface area (Å²) in [6.07, 6.45) is 12.4. The maximum Gasteiger partial charge on any atom is 0.0714 e. The normalized spacial score (nSPS) is 12.0. The fourth-order valence-electron chi connectivity index (χ4n) is 18.8. The SMILES string of the molecule is Brc1ccc2c(c1)C(c1ccc(-c3c[c-]c(-c4ccccn4)cc3)cc1)(c1ccc(-c3c[c-]c(-c4ccccn4)cc3)cc1)c1cc(Br)ccc1-2.Brc1ccc2c(c1)C(c1ccc(-c3ccc(-c4ccccn4)cc3)cc1)(c1ccc(-c3ccc(-c4ccccn4)cc3)cc1)c1cc(Br)ccc1-2.CC(O)CC(C)O.[Ir].[Ir].[Ir].[c-]1ccccc1-c1ccccn1.[c-]1ccccc1-c1ccccn1.[c-]1ccccc1-c1ccccn1. The van der Waals surface area contributed by atoms with Crippen molar-refractivity contribution >= 4 is 63.7 Å². The molecule has 2 aliphatic carbocycles. The van der Waals surface area contributed by atoms with Crippen molar-refractivity contribution in [2.45, 2.75) is 43.3 Å². The zero-order valence-corrected chi connectivity index (χ0v) is 93.8. The van der Waals surface area contributed by atoms with Crippen molar-refractivity contribution in [3.05, 3.63) is 591 Å². The summed E-state index contributed by atoms with van der Waals surface area (Å²) in [5, 5.41) is 17.1. The van der Waals surface area contributed by atoms with Crippen LogP contribution >= 0.6 is 63.7 Å². The summed E-state index contributed by atoms with van der Waals surface area (Å²) < 4.78 is 4.23. The van der Waals surface area contributed by atoms with E-state index in [1.54, 1.807) is 32.4 Å². The molecule has 16 heteroatoms. The first kappa shape index (κ1) is 107. The van der Waals surface area contributed by atoms with Crippen molar-refractivity contribution in [3.63, 3.8) is 0 Å². The molecule has 3 radical (unpaired) electrons. The van der Waals surface area contributed by atoms with E-state index in [1.807, 2.05) is 225 Å². The van der Waals surface area contributed by atoms with Crippen LogP contribution in [0.4, 0.5) is 0 Å². The molecular formula is C132H94Br4Ir3N7O2-5. The van der Waals surface area contributed by atoms with Gasteiger partial charge in [0.2, 0.25) is 0 Å². The van der Waals surface area contributed by atoms with E-state index in [0.717, 1.165) is 119 Å². The van der Waals surface area contributed by atoms with Crippen LogP contribution in [0.25, 0.3) is 146 Å². The zero-order valence-electron chi connectivity index (χ0n) is 80.2. The molecule has 0 bridgehead atoms. The Balaban J connectivity index is 0.000000148. The summed E-state index contributed by atoms with van der Waals surface area (Å²) in [6.45, 7) is 3.32. The van der Waals surface area contributed by atoms with Crippen molar-refractivity contribution in [3.8, 4) is 146 Å². The predicted octanol–water partition coefficient (Wildman–Crippen LogP) is 33.4. The number of halogens is 4. The second-order valence-electron chi connectivity index (χ2n) is 35.0. The van der Waals surface area contributed by atoms with Crippen LogP contribution in [0.3, 0.4) is 0 Å². The molecule has 9 nitrogen and oxygen atoms in total. The van der Waals surface area contributed by atoms with E-state index in [2.05, 4.69) is 384 Å². The van der Waals surface area contributed by atoms with Crippen LogP contribution in [0.15, 0.2) is 516 Å². The number of fused-ring (bicyclic) bond motifs is 6. The third-order valence-electron chi connectivity index (χ3n) is 25.6. The number of benzene rings is 15. The number of rotatable bonds is 17. The molecule has 0 saturated heterocycles. The minimum atomic E-state index is -0.542. The molecule has 2 atom stereocenters. The number of nitrogens with zero attached hydrogens (tertiary/aromatic N) is 7. The standard InChI is InChI=1S/C47H30Br2N2.C47H28Br2N2.3C11H8N.C5H12O2.3Ir/c2*48-39-23-25-41-42-26-24-40(49)30-44(42)47(43(41)29-39,37-19-15-33(16-20-37)31-7-11-35(12-8-31)45-5-1-3-27-50-45)38-21-17-34(18-22-38)32-9-13-36(14-10-32)46-6-2-4-28-51-46;3*1-2-6-10(7-3-1)11-8-4-5-9-12-11;1-4(6)3-5(2)7;;;/h1-30H;1-11,13,15-30H;3*1-6,8-9H;4-7H,3H2,1-2H3;;;/q;-2;3*-1;;;;. The number of hydrogen-bond donors (Lipinski definition) is 2. The van der Waals surface area contributed by atoms with Crippen molar-refractivity contribution in [1.29, 1.82) is 0 Å². The number of aliphatic hydroxyl groups excluding tert-OH is 2. The monoisotopic (exact) mass is 2700 g/mol. The molecule has 0 aliphatic heterocycles. The van der Waals surface area contributed by atoms with Crippen LogP contribution < -0.4 is 0 Å². The van der Waals surface area contributed by atoms with Crippen LogP contribution in [0.2, 0.25) is 0 Å². The maximum atomic E-state index is 8.56. The first-order chi connectivity index (χ1) is 71.2. The number of aliphatic hydroxyl groups is 2. The molecule has 24 rings (SSSR count). The van der Waals surface area contributed by atoms with E-state index in [1.165, 1.54) is 89.0 Å². The Morgan fingerprint density at radius 2 is 0.419 bits per heavy atom. The van der Waals surface area contributed by atoms with Crippen LogP contribution in [0.1, 0.15) is 64.8 Å². The average molecular weight is 2710 g/mol. The first-order valence-electron chi connectivity index (χ1n) is 47.7. The third kappa shape index (κ3) is 24.9. The molecule has 2 aliphatic rings. The molecule has 0 fully saturated rings. The molecule has 7 heterocycles. The molecule has 7 aromatic heterocycles. The van der Waals surface area contributed by atoms with Gasteiger partial charge in [-0.1, -0.05) is 329 Å². The number of aromatic nitrogens is 7. The van der Waals surface area contributed by atoms with Crippen molar-refractivity contribution < 1.29 is 70.5 Å². The maximum absolute atomic E-state index is 8.56. The molecule has 729 valence electrons. The largest absolute Gasteiger partial charge is 0.393 e. The Morgan fingerprint density at radius 1 is 0.216 bits per heavy atom. The molecule has 15 aromatic carbocycles. The summed E-state index contributed by atoms with van der Waals surface area (Å²) in [5.41, 5.74) is 37.0. The van der Waals surface area contributed by atoms with Gasteiger partial charge in [-0.2, -0.15) is 0 Å².